The summed E-state index contributed by atoms with van der Waals surface area (Å²) in [4.78, 5) is 11.8. The monoisotopic (exact) mass is 285 g/mol. The van der Waals surface area contributed by atoms with Gasteiger partial charge in [0.05, 0.1) is 11.6 Å². The molecule has 2 rings (SSSR count). The van der Waals surface area contributed by atoms with Crippen molar-refractivity contribution in [1.82, 2.24) is 0 Å². The Morgan fingerprint density at radius 1 is 1.19 bits per heavy atom. The highest BCUT2D eigenvalue weighted by atomic mass is 19.1. The molecule has 0 aliphatic heterocycles. The first-order valence-electron chi connectivity index (χ1n) is 6.22. The second-order valence-corrected chi connectivity index (χ2v) is 4.27. The third-order valence-electron chi connectivity index (χ3n) is 2.64. The second kappa shape index (κ2) is 6.53. The number of nitriles is 1. The van der Waals surface area contributed by atoms with E-state index in [0.717, 1.165) is 6.07 Å². The highest BCUT2D eigenvalue weighted by Gasteiger charge is 2.17. The van der Waals surface area contributed by atoms with Gasteiger partial charge in [-0.3, -0.25) is 0 Å². The van der Waals surface area contributed by atoms with Crippen LogP contribution in [0.5, 0.6) is 11.5 Å². The largest absolute Gasteiger partial charge is 0.479 e. The van der Waals surface area contributed by atoms with E-state index in [-0.39, 0.29) is 5.75 Å². The molecule has 21 heavy (non-hydrogen) atoms. The van der Waals surface area contributed by atoms with E-state index in [1.807, 2.05) is 6.07 Å². The molecule has 0 aliphatic carbocycles. The maximum Gasteiger partial charge on any atom is 0.352 e. The Balaban J connectivity index is 1.97. The van der Waals surface area contributed by atoms with Gasteiger partial charge in [-0.15, -0.1) is 0 Å². The molecule has 0 N–H and O–H groups in total. The first-order chi connectivity index (χ1) is 10.1. The first kappa shape index (κ1) is 14.5. The molecular formula is C16H12FNO3. The summed E-state index contributed by atoms with van der Waals surface area (Å²) in [5.74, 6) is -0.557. The van der Waals surface area contributed by atoms with Crippen LogP contribution < -0.4 is 9.47 Å². The lowest BCUT2D eigenvalue weighted by Gasteiger charge is -2.13. The van der Waals surface area contributed by atoms with Crippen LogP contribution in [0, 0.1) is 17.1 Å². The number of nitrogens with zero attached hydrogens (tertiary/aromatic N) is 1. The van der Waals surface area contributed by atoms with Crippen molar-refractivity contribution < 1.29 is 18.7 Å². The number of carbonyl (C=O) groups excluding carboxylic acids is 1. The van der Waals surface area contributed by atoms with Crippen LogP contribution in [0.4, 0.5) is 4.39 Å². The van der Waals surface area contributed by atoms with E-state index < -0.39 is 17.9 Å². The van der Waals surface area contributed by atoms with Crippen LogP contribution in [0.1, 0.15) is 12.5 Å². The van der Waals surface area contributed by atoms with Crippen LogP contribution in [0.3, 0.4) is 0 Å². The molecule has 0 aromatic heterocycles. The molecule has 0 saturated carbocycles. The van der Waals surface area contributed by atoms with Gasteiger partial charge in [0.15, 0.2) is 6.10 Å². The van der Waals surface area contributed by atoms with Gasteiger partial charge in [0, 0.05) is 6.07 Å². The lowest BCUT2D eigenvalue weighted by molar-refractivity contribution is -0.141. The standard InChI is InChI=1S/C16H12FNO3/c1-11(20-14-7-5-12(10-18)6-8-14)16(19)21-15-4-2-3-13(17)9-15/h2-9,11H,1H3/t11-/m1/s1. The third kappa shape index (κ3) is 4.05. The predicted molar refractivity (Wildman–Crippen MR) is 73.3 cm³/mol. The molecule has 0 bridgehead atoms. The number of rotatable bonds is 4. The van der Waals surface area contributed by atoms with E-state index in [2.05, 4.69) is 0 Å². The van der Waals surface area contributed by atoms with Gasteiger partial charge < -0.3 is 9.47 Å². The van der Waals surface area contributed by atoms with Crippen molar-refractivity contribution in [3.63, 3.8) is 0 Å². The van der Waals surface area contributed by atoms with Gasteiger partial charge in [0.2, 0.25) is 0 Å². The number of esters is 1. The smallest absolute Gasteiger partial charge is 0.352 e. The minimum absolute atomic E-state index is 0.121. The first-order valence-corrected chi connectivity index (χ1v) is 6.22. The van der Waals surface area contributed by atoms with Gasteiger partial charge in [-0.25, -0.2) is 9.18 Å². The zero-order valence-electron chi connectivity index (χ0n) is 11.2. The summed E-state index contributed by atoms with van der Waals surface area (Å²) < 4.78 is 23.4. The van der Waals surface area contributed by atoms with E-state index in [4.69, 9.17) is 14.7 Å². The number of hydrogen-bond acceptors (Lipinski definition) is 4. The van der Waals surface area contributed by atoms with Gasteiger partial charge in [0.1, 0.15) is 17.3 Å². The van der Waals surface area contributed by atoms with Gasteiger partial charge in [0.25, 0.3) is 0 Å². The molecular weight excluding hydrogens is 273 g/mol. The zero-order valence-corrected chi connectivity index (χ0v) is 11.2. The average molecular weight is 285 g/mol. The Labute approximate surface area is 121 Å². The molecule has 0 radical (unpaired) electrons. The Bertz CT molecular complexity index is 677. The molecule has 0 amide bonds. The van der Waals surface area contributed by atoms with Crippen LogP contribution in [-0.4, -0.2) is 12.1 Å². The number of hydrogen-bond donors (Lipinski definition) is 0. The minimum atomic E-state index is -0.860. The van der Waals surface area contributed by atoms with Crippen LogP contribution in [-0.2, 0) is 4.79 Å². The van der Waals surface area contributed by atoms with Crippen LogP contribution in [0.2, 0.25) is 0 Å². The van der Waals surface area contributed by atoms with Crippen molar-refractivity contribution in [2.24, 2.45) is 0 Å². The molecule has 2 aromatic rings. The summed E-state index contributed by atoms with van der Waals surface area (Å²) in [6.45, 7) is 1.53. The zero-order chi connectivity index (χ0) is 15.2. The number of halogens is 1. The fraction of sp³-hybridized carbons (Fsp3) is 0.125. The predicted octanol–water partition coefficient (Wildman–Crippen LogP) is 3.07. The van der Waals surface area contributed by atoms with Gasteiger partial charge in [-0.2, -0.15) is 5.26 Å². The van der Waals surface area contributed by atoms with E-state index in [1.54, 1.807) is 24.3 Å². The summed E-state index contributed by atoms with van der Waals surface area (Å²) in [6.07, 6.45) is -0.860. The van der Waals surface area contributed by atoms with Gasteiger partial charge in [-0.05, 0) is 43.3 Å². The van der Waals surface area contributed by atoms with Crippen LogP contribution in [0.15, 0.2) is 48.5 Å². The minimum Gasteiger partial charge on any atom is -0.479 e. The molecule has 0 fully saturated rings. The van der Waals surface area contributed by atoms with Crippen molar-refractivity contribution in [1.29, 1.82) is 5.26 Å². The lowest BCUT2D eigenvalue weighted by atomic mass is 10.2. The van der Waals surface area contributed by atoms with Crippen molar-refractivity contribution in [2.45, 2.75) is 13.0 Å². The van der Waals surface area contributed by atoms with Gasteiger partial charge >= 0.3 is 5.97 Å². The molecule has 1 atom stereocenters. The highest BCUT2D eigenvalue weighted by Crippen LogP contribution is 2.16. The molecule has 0 spiro atoms. The maximum atomic E-state index is 13.0. The second-order valence-electron chi connectivity index (χ2n) is 4.27. The van der Waals surface area contributed by atoms with E-state index >= 15 is 0 Å². The summed E-state index contributed by atoms with van der Waals surface area (Å²) in [5.41, 5.74) is 0.498. The molecule has 106 valence electrons. The van der Waals surface area contributed by atoms with Crippen molar-refractivity contribution in [3.8, 4) is 17.6 Å². The van der Waals surface area contributed by atoms with E-state index in [9.17, 15) is 9.18 Å². The highest BCUT2D eigenvalue weighted by molar-refractivity contribution is 5.77. The Morgan fingerprint density at radius 3 is 2.52 bits per heavy atom. The summed E-state index contributed by atoms with van der Waals surface area (Å²) in [5, 5.41) is 8.69. The molecule has 0 heterocycles. The normalized spacial score (nSPS) is 11.3. The summed E-state index contributed by atoms with van der Waals surface area (Å²) in [7, 11) is 0. The summed E-state index contributed by atoms with van der Waals surface area (Å²) >= 11 is 0. The molecule has 5 heteroatoms. The van der Waals surface area contributed by atoms with Crippen molar-refractivity contribution in [2.75, 3.05) is 0 Å². The fourth-order valence-electron chi connectivity index (χ4n) is 1.59. The van der Waals surface area contributed by atoms with Crippen LogP contribution >= 0.6 is 0 Å². The quantitative estimate of drug-likeness (QED) is 0.640. The number of carbonyl (C=O) groups is 1. The maximum absolute atomic E-state index is 13.0. The van der Waals surface area contributed by atoms with Crippen molar-refractivity contribution >= 4 is 5.97 Å². The number of ether oxygens (including phenoxy) is 2. The number of benzene rings is 2. The molecule has 0 saturated heterocycles. The lowest BCUT2D eigenvalue weighted by Crippen LogP contribution is -2.28. The topological polar surface area (TPSA) is 59.3 Å². The molecule has 0 unspecified atom stereocenters. The Hall–Kier alpha value is -2.87. The van der Waals surface area contributed by atoms with Gasteiger partial charge in [-0.1, -0.05) is 6.07 Å². The van der Waals surface area contributed by atoms with E-state index in [1.165, 1.54) is 25.1 Å². The molecule has 0 aliphatic rings. The average Bonchev–Trinajstić information content (AvgIpc) is 2.48. The van der Waals surface area contributed by atoms with Crippen molar-refractivity contribution in [3.05, 3.63) is 59.9 Å². The third-order valence-corrected chi connectivity index (χ3v) is 2.64. The fourth-order valence-corrected chi connectivity index (χ4v) is 1.59. The van der Waals surface area contributed by atoms with Crippen LogP contribution in [0.25, 0.3) is 0 Å². The molecule has 4 nitrogen and oxygen atoms in total. The Morgan fingerprint density at radius 2 is 1.90 bits per heavy atom. The SMILES string of the molecule is C[C@@H](Oc1ccc(C#N)cc1)C(=O)Oc1cccc(F)c1. The molecule has 2 aromatic carbocycles. The Kier molecular flexibility index (Phi) is 4.52. The summed E-state index contributed by atoms with van der Waals surface area (Å²) in [6, 6.07) is 13.6. The van der Waals surface area contributed by atoms with E-state index in [0.29, 0.717) is 11.3 Å².